The van der Waals surface area contributed by atoms with Crippen LogP contribution >= 0.6 is 0 Å². The van der Waals surface area contributed by atoms with E-state index in [0.717, 1.165) is 19.7 Å². The van der Waals surface area contributed by atoms with Gasteiger partial charge in [-0.3, -0.25) is 0 Å². The fourth-order valence-corrected chi connectivity index (χ4v) is 1.67. The van der Waals surface area contributed by atoms with Crippen molar-refractivity contribution in [1.29, 1.82) is 0 Å². The summed E-state index contributed by atoms with van der Waals surface area (Å²) in [6, 6.07) is 0. The lowest BCUT2D eigenvalue weighted by Gasteiger charge is -2.25. The Bertz CT molecular complexity index is 134. The van der Waals surface area contributed by atoms with Crippen LogP contribution in [0.5, 0.6) is 0 Å². The minimum Gasteiger partial charge on any atom is -0.376 e. The predicted octanol–water partition coefficient (Wildman–Crippen LogP) is 2.19. The normalized spacial score (nSPS) is 24.7. The Hall–Kier alpha value is -0.0800. The molecule has 0 amide bonds. The molecule has 1 fully saturated rings. The molecule has 1 aliphatic rings. The summed E-state index contributed by atoms with van der Waals surface area (Å²) in [5.74, 6) is 0. The highest BCUT2D eigenvalue weighted by molar-refractivity contribution is 4.69. The maximum absolute atomic E-state index is 5.63. The van der Waals surface area contributed by atoms with Crippen LogP contribution in [0.2, 0.25) is 0 Å². The van der Waals surface area contributed by atoms with E-state index in [2.05, 4.69) is 26.1 Å². The van der Waals surface area contributed by atoms with Gasteiger partial charge in [0.2, 0.25) is 0 Å². The maximum atomic E-state index is 5.63. The molecule has 13 heavy (non-hydrogen) atoms. The zero-order valence-corrected chi connectivity index (χ0v) is 9.23. The van der Waals surface area contributed by atoms with E-state index in [1.165, 1.54) is 19.3 Å². The Morgan fingerprint density at radius 1 is 1.38 bits per heavy atom. The molecular weight excluding hydrogens is 162 g/mol. The van der Waals surface area contributed by atoms with Crippen molar-refractivity contribution in [3.05, 3.63) is 0 Å². The largest absolute Gasteiger partial charge is 0.376 e. The first kappa shape index (κ1) is 11.0. The van der Waals surface area contributed by atoms with Gasteiger partial charge in [-0.25, -0.2) is 0 Å². The van der Waals surface area contributed by atoms with Gasteiger partial charge in [-0.05, 0) is 18.3 Å². The van der Waals surface area contributed by atoms with E-state index in [-0.39, 0.29) is 0 Å². The lowest BCUT2D eigenvalue weighted by Crippen LogP contribution is -2.38. The first-order valence-corrected chi connectivity index (χ1v) is 5.40. The van der Waals surface area contributed by atoms with E-state index in [0.29, 0.717) is 11.5 Å². The maximum Gasteiger partial charge on any atom is 0.0700 e. The van der Waals surface area contributed by atoms with Gasteiger partial charge >= 0.3 is 0 Å². The molecule has 1 heterocycles. The third-order valence-electron chi connectivity index (χ3n) is 2.46. The van der Waals surface area contributed by atoms with Gasteiger partial charge in [0.25, 0.3) is 0 Å². The van der Waals surface area contributed by atoms with Gasteiger partial charge in [0.05, 0.1) is 12.7 Å². The van der Waals surface area contributed by atoms with Crippen molar-refractivity contribution in [3.63, 3.8) is 0 Å². The molecule has 1 N–H and O–H groups in total. The highest BCUT2D eigenvalue weighted by Gasteiger charge is 2.15. The molecule has 0 spiro atoms. The van der Waals surface area contributed by atoms with Gasteiger partial charge in [0.1, 0.15) is 0 Å². The van der Waals surface area contributed by atoms with Gasteiger partial charge in [-0.1, -0.05) is 27.2 Å². The molecular formula is C11H23NO. The van der Waals surface area contributed by atoms with Gasteiger partial charge < -0.3 is 10.1 Å². The molecule has 0 bridgehead atoms. The number of ether oxygens (including phenoxy) is 1. The van der Waals surface area contributed by atoms with E-state index in [9.17, 15) is 0 Å². The van der Waals surface area contributed by atoms with Crippen molar-refractivity contribution < 1.29 is 4.74 Å². The monoisotopic (exact) mass is 185 g/mol. The second-order valence-corrected chi connectivity index (χ2v) is 5.15. The van der Waals surface area contributed by atoms with Crippen LogP contribution in [0, 0.1) is 5.41 Å². The van der Waals surface area contributed by atoms with Crippen LogP contribution in [0.25, 0.3) is 0 Å². The zero-order valence-electron chi connectivity index (χ0n) is 9.23. The lowest BCUT2D eigenvalue weighted by molar-refractivity contribution is 0.0208. The second kappa shape index (κ2) is 4.97. The number of hydrogen-bond acceptors (Lipinski definition) is 2. The molecule has 0 aromatic heterocycles. The first-order valence-electron chi connectivity index (χ1n) is 5.40. The van der Waals surface area contributed by atoms with Crippen LogP contribution < -0.4 is 5.32 Å². The molecule has 1 rings (SSSR count). The van der Waals surface area contributed by atoms with Gasteiger partial charge in [0, 0.05) is 13.1 Å². The Labute approximate surface area is 82.0 Å². The van der Waals surface area contributed by atoms with Crippen molar-refractivity contribution >= 4 is 0 Å². The van der Waals surface area contributed by atoms with E-state index in [1.54, 1.807) is 0 Å². The minimum absolute atomic E-state index is 0.469. The van der Waals surface area contributed by atoms with E-state index in [1.807, 2.05) is 0 Å². The quantitative estimate of drug-likeness (QED) is 0.727. The molecule has 1 saturated heterocycles. The predicted molar refractivity (Wildman–Crippen MR) is 55.9 cm³/mol. The smallest absolute Gasteiger partial charge is 0.0700 e. The third kappa shape index (κ3) is 5.27. The molecule has 0 aromatic carbocycles. The number of nitrogens with one attached hydrogen (secondary N) is 1. The Kier molecular flexibility index (Phi) is 4.20. The summed E-state index contributed by atoms with van der Waals surface area (Å²) < 4.78 is 5.63. The summed E-state index contributed by atoms with van der Waals surface area (Å²) in [6.07, 6.45) is 4.27. The SMILES string of the molecule is CC(C)(C)CCCC1CNCCO1. The Morgan fingerprint density at radius 2 is 2.15 bits per heavy atom. The fraction of sp³-hybridized carbons (Fsp3) is 1.00. The molecule has 78 valence electrons. The Balaban J connectivity index is 2.04. The van der Waals surface area contributed by atoms with Crippen molar-refractivity contribution in [2.75, 3.05) is 19.7 Å². The van der Waals surface area contributed by atoms with Crippen molar-refractivity contribution in [2.24, 2.45) is 5.41 Å². The number of hydrogen-bond donors (Lipinski definition) is 1. The molecule has 1 aliphatic heterocycles. The highest BCUT2D eigenvalue weighted by atomic mass is 16.5. The first-order chi connectivity index (χ1) is 6.08. The van der Waals surface area contributed by atoms with Gasteiger partial charge in [-0.15, -0.1) is 0 Å². The highest BCUT2D eigenvalue weighted by Crippen LogP contribution is 2.22. The van der Waals surface area contributed by atoms with Crippen molar-refractivity contribution in [3.8, 4) is 0 Å². The molecule has 0 aliphatic carbocycles. The van der Waals surface area contributed by atoms with Crippen LogP contribution in [0.15, 0.2) is 0 Å². The summed E-state index contributed by atoms with van der Waals surface area (Å²) in [7, 11) is 0. The zero-order chi connectivity index (χ0) is 9.73. The summed E-state index contributed by atoms with van der Waals surface area (Å²) in [4.78, 5) is 0. The average molecular weight is 185 g/mol. The van der Waals surface area contributed by atoms with Crippen LogP contribution in [-0.2, 0) is 4.74 Å². The van der Waals surface area contributed by atoms with E-state index >= 15 is 0 Å². The topological polar surface area (TPSA) is 21.3 Å². The van der Waals surface area contributed by atoms with Crippen molar-refractivity contribution in [2.45, 2.75) is 46.1 Å². The fourth-order valence-electron chi connectivity index (χ4n) is 1.67. The van der Waals surface area contributed by atoms with E-state index < -0.39 is 0 Å². The summed E-state index contributed by atoms with van der Waals surface area (Å²) in [5.41, 5.74) is 0.474. The van der Waals surface area contributed by atoms with Crippen LogP contribution in [0.3, 0.4) is 0 Å². The summed E-state index contributed by atoms with van der Waals surface area (Å²) >= 11 is 0. The van der Waals surface area contributed by atoms with E-state index in [4.69, 9.17) is 4.74 Å². The second-order valence-electron chi connectivity index (χ2n) is 5.15. The lowest BCUT2D eigenvalue weighted by atomic mass is 9.89. The summed E-state index contributed by atoms with van der Waals surface area (Å²) in [6.45, 7) is 9.85. The van der Waals surface area contributed by atoms with Crippen molar-refractivity contribution in [1.82, 2.24) is 5.32 Å². The molecule has 0 radical (unpaired) electrons. The molecule has 0 saturated carbocycles. The van der Waals surface area contributed by atoms with Crippen LogP contribution in [0.4, 0.5) is 0 Å². The summed E-state index contributed by atoms with van der Waals surface area (Å²) in [5, 5.41) is 3.36. The molecule has 2 nitrogen and oxygen atoms in total. The third-order valence-corrected chi connectivity index (χ3v) is 2.46. The number of rotatable bonds is 3. The standard InChI is InChI=1S/C11H23NO/c1-11(2,3)6-4-5-10-9-12-7-8-13-10/h10,12H,4-9H2,1-3H3. The molecule has 1 unspecified atom stereocenters. The Morgan fingerprint density at radius 3 is 2.69 bits per heavy atom. The average Bonchev–Trinajstić information content (AvgIpc) is 2.04. The molecule has 1 atom stereocenters. The van der Waals surface area contributed by atoms with Gasteiger partial charge in [-0.2, -0.15) is 0 Å². The van der Waals surface area contributed by atoms with Crippen LogP contribution in [0.1, 0.15) is 40.0 Å². The molecule has 0 aromatic rings. The molecule has 2 heteroatoms. The van der Waals surface area contributed by atoms with Crippen LogP contribution in [-0.4, -0.2) is 25.8 Å². The number of morpholine rings is 1. The van der Waals surface area contributed by atoms with Gasteiger partial charge in [0.15, 0.2) is 0 Å². The minimum atomic E-state index is 0.469.